The fourth-order valence-electron chi connectivity index (χ4n) is 3.48. The van der Waals surface area contributed by atoms with Crippen molar-refractivity contribution in [2.24, 2.45) is 5.92 Å². The van der Waals surface area contributed by atoms with Crippen molar-refractivity contribution in [3.8, 4) is 11.8 Å². The van der Waals surface area contributed by atoms with Crippen LogP contribution in [0.2, 0.25) is 0 Å². The van der Waals surface area contributed by atoms with Crippen LogP contribution in [0.5, 0.6) is 5.75 Å². The molecule has 0 bridgehead atoms. The summed E-state index contributed by atoms with van der Waals surface area (Å²) in [5, 5.41) is 11.9. The molecule has 1 aliphatic rings. The Morgan fingerprint density at radius 3 is 2.32 bits per heavy atom. The summed E-state index contributed by atoms with van der Waals surface area (Å²) in [6.07, 6.45) is 0.744. The van der Waals surface area contributed by atoms with Crippen LogP contribution in [0, 0.1) is 17.2 Å². The standard InChI is InChI=1S/C22H23N3O5S/c1-15(26)17-4-6-19(7-5-17)31(28,29)25-11-9-18(10-12-25)22(27)24-20-13-16(14-23)3-8-21(20)30-2/h3-8,13,18H,9-12H2,1-2H3,(H,24,27). The minimum absolute atomic E-state index is 0.124. The van der Waals surface area contributed by atoms with E-state index in [1.807, 2.05) is 6.07 Å². The predicted molar refractivity (Wildman–Crippen MR) is 114 cm³/mol. The third kappa shape index (κ3) is 4.93. The molecular weight excluding hydrogens is 418 g/mol. The van der Waals surface area contributed by atoms with Crippen LogP contribution in [-0.2, 0) is 14.8 Å². The first-order valence-corrected chi connectivity index (χ1v) is 11.2. The van der Waals surface area contributed by atoms with E-state index in [-0.39, 0.29) is 35.6 Å². The lowest BCUT2D eigenvalue weighted by Crippen LogP contribution is -2.41. The number of amides is 1. The molecule has 1 aliphatic heterocycles. The van der Waals surface area contributed by atoms with Crippen LogP contribution in [0.25, 0.3) is 0 Å². The van der Waals surface area contributed by atoms with Gasteiger partial charge in [0.05, 0.1) is 29.3 Å². The summed E-state index contributed by atoms with van der Waals surface area (Å²) in [7, 11) is -2.22. The zero-order valence-electron chi connectivity index (χ0n) is 17.3. The molecule has 2 aromatic carbocycles. The van der Waals surface area contributed by atoms with Crippen molar-refractivity contribution in [2.75, 3.05) is 25.5 Å². The molecule has 0 radical (unpaired) electrons. The molecule has 0 atom stereocenters. The molecule has 162 valence electrons. The Morgan fingerprint density at radius 1 is 1.13 bits per heavy atom. The van der Waals surface area contributed by atoms with Crippen molar-refractivity contribution in [3.05, 3.63) is 53.6 Å². The predicted octanol–water partition coefficient (Wildman–Crippen LogP) is 2.81. The first-order valence-electron chi connectivity index (χ1n) is 9.76. The number of carbonyl (C=O) groups is 2. The lowest BCUT2D eigenvalue weighted by atomic mass is 9.97. The summed E-state index contributed by atoms with van der Waals surface area (Å²) in [6.45, 7) is 1.85. The molecule has 1 saturated heterocycles. The van der Waals surface area contributed by atoms with E-state index in [0.717, 1.165) is 0 Å². The van der Waals surface area contributed by atoms with Crippen molar-refractivity contribution >= 4 is 27.4 Å². The minimum atomic E-state index is -3.70. The van der Waals surface area contributed by atoms with E-state index in [2.05, 4.69) is 5.32 Å². The summed E-state index contributed by atoms with van der Waals surface area (Å²) in [6, 6.07) is 12.6. The fraction of sp³-hybridized carbons (Fsp3) is 0.318. The normalized spacial score (nSPS) is 15.1. The Labute approximate surface area is 181 Å². The molecule has 1 N–H and O–H groups in total. The number of ketones is 1. The highest BCUT2D eigenvalue weighted by atomic mass is 32.2. The average molecular weight is 442 g/mol. The highest BCUT2D eigenvalue weighted by Gasteiger charge is 2.32. The number of benzene rings is 2. The summed E-state index contributed by atoms with van der Waals surface area (Å²) in [4.78, 5) is 24.2. The van der Waals surface area contributed by atoms with E-state index in [0.29, 0.717) is 35.4 Å². The molecule has 1 fully saturated rings. The fourth-order valence-corrected chi connectivity index (χ4v) is 4.95. The molecule has 2 aromatic rings. The van der Waals surface area contributed by atoms with E-state index in [1.165, 1.54) is 42.6 Å². The Hall–Kier alpha value is -3.22. The van der Waals surface area contributed by atoms with E-state index < -0.39 is 10.0 Å². The third-order valence-corrected chi connectivity index (χ3v) is 7.22. The van der Waals surface area contributed by atoms with E-state index >= 15 is 0 Å². The van der Waals surface area contributed by atoms with Gasteiger partial charge in [0.2, 0.25) is 15.9 Å². The molecule has 1 amide bonds. The van der Waals surface area contributed by atoms with Gasteiger partial charge in [-0.25, -0.2) is 8.42 Å². The maximum Gasteiger partial charge on any atom is 0.243 e. The van der Waals surface area contributed by atoms with Crippen molar-refractivity contribution in [3.63, 3.8) is 0 Å². The molecule has 8 nitrogen and oxygen atoms in total. The van der Waals surface area contributed by atoms with Crippen LogP contribution in [0.3, 0.4) is 0 Å². The van der Waals surface area contributed by atoms with Gasteiger partial charge in [-0.05, 0) is 50.1 Å². The lowest BCUT2D eigenvalue weighted by Gasteiger charge is -2.30. The number of ether oxygens (including phenoxy) is 1. The van der Waals surface area contributed by atoms with Gasteiger partial charge in [0.1, 0.15) is 5.75 Å². The zero-order valence-corrected chi connectivity index (χ0v) is 18.1. The van der Waals surface area contributed by atoms with E-state index in [1.54, 1.807) is 18.2 Å². The largest absolute Gasteiger partial charge is 0.495 e. The molecule has 0 spiro atoms. The van der Waals surface area contributed by atoms with Crippen LogP contribution in [0.1, 0.15) is 35.7 Å². The van der Waals surface area contributed by atoms with Gasteiger partial charge in [0, 0.05) is 24.6 Å². The Balaban J connectivity index is 1.66. The monoisotopic (exact) mass is 441 g/mol. The third-order valence-electron chi connectivity index (χ3n) is 5.31. The van der Waals surface area contributed by atoms with E-state index in [4.69, 9.17) is 10.00 Å². The summed E-state index contributed by atoms with van der Waals surface area (Å²) >= 11 is 0. The summed E-state index contributed by atoms with van der Waals surface area (Å²) in [5.41, 5.74) is 1.25. The number of hydrogen-bond acceptors (Lipinski definition) is 6. The zero-order chi connectivity index (χ0) is 22.6. The van der Waals surface area contributed by atoms with Gasteiger partial charge in [-0.2, -0.15) is 9.57 Å². The number of Topliss-reactive ketones (excluding diaryl/α,β-unsaturated/α-hetero) is 1. The highest BCUT2D eigenvalue weighted by molar-refractivity contribution is 7.89. The Morgan fingerprint density at radius 2 is 1.77 bits per heavy atom. The quantitative estimate of drug-likeness (QED) is 0.689. The molecule has 3 rings (SSSR count). The Kier molecular flexibility index (Phi) is 6.73. The number of anilines is 1. The number of hydrogen-bond donors (Lipinski definition) is 1. The first kappa shape index (κ1) is 22.5. The van der Waals surface area contributed by atoms with Crippen molar-refractivity contribution < 1.29 is 22.7 Å². The Bertz CT molecular complexity index is 1130. The second kappa shape index (κ2) is 9.29. The van der Waals surface area contributed by atoms with Crippen LogP contribution in [-0.4, -0.2) is 44.6 Å². The highest BCUT2D eigenvalue weighted by Crippen LogP contribution is 2.29. The molecule has 0 aliphatic carbocycles. The number of carbonyl (C=O) groups excluding carboxylic acids is 2. The van der Waals surface area contributed by atoms with Crippen LogP contribution >= 0.6 is 0 Å². The molecular formula is C22H23N3O5S. The van der Waals surface area contributed by atoms with Gasteiger partial charge in [0.25, 0.3) is 0 Å². The van der Waals surface area contributed by atoms with Gasteiger partial charge in [-0.1, -0.05) is 12.1 Å². The number of methoxy groups -OCH3 is 1. The van der Waals surface area contributed by atoms with Crippen molar-refractivity contribution in [1.82, 2.24) is 4.31 Å². The summed E-state index contributed by atoms with van der Waals surface area (Å²) < 4.78 is 32.4. The number of piperidine rings is 1. The SMILES string of the molecule is COc1ccc(C#N)cc1NC(=O)C1CCN(S(=O)(=O)c2ccc(C(C)=O)cc2)CC1. The lowest BCUT2D eigenvalue weighted by molar-refractivity contribution is -0.120. The molecule has 31 heavy (non-hydrogen) atoms. The van der Waals surface area contributed by atoms with Gasteiger partial charge in [-0.15, -0.1) is 0 Å². The van der Waals surface area contributed by atoms with Crippen LogP contribution in [0.15, 0.2) is 47.4 Å². The maximum atomic E-state index is 12.9. The number of sulfonamides is 1. The first-order chi connectivity index (χ1) is 14.8. The second-order valence-corrected chi connectivity index (χ2v) is 9.21. The number of nitrogens with zero attached hydrogens (tertiary/aromatic N) is 2. The molecule has 0 aromatic heterocycles. The molecule has 0 unspecified atom stereocenters. The van der Waals surface area contributed by atoms with Gasteiger partial charge < -0.3 is 10.1 Å². The maximum absolute atomic E-state index is 12.9. The number of rotatable bonds is 6. The topological polar surface area (TPSA) is 117 Å². The minimum Gasteiger partial charge on any atom is -0.495 e. The number of nitrogens with one attached hydrogen (secondary N) is 1. The van der Waals surface area contributed by atoms with Crippen molar-refractivity contribution in [1.29, 1.82) is 5.26 Å². The van der Waals surface area contributed by atoms with Gasteiger partial charge in [-0.3, -0.25) is 9.59 Å². The van der Waals surface area contributed by atoms with Crippen LogP contribution < -0.4 is 10.1 Å². The van der Waals surface area contributed by atoms with E-state index in [9.17, 15) is 18.0 Å². The van der Waals surface area contributed by atoms with Crippen LogP contribution in [0.4, 0.5) is 5.69 Å². The molecule has 9 heteroatoms. The molecule has 1 heterocycles. The molecule has 0 saturated carbocycles. The number of nitriles is 1. The van der Waals surface area contributed by atoms with Gasteiger partial charge in [0.15, 0.2) is 5.78 Å². The van der Waals surface area contributed by atoms with Gasteiger partial charge >= 0.3 is 0 Å². The summed E-state index contributed by atoms with van der Waals surface area (Å²) in [5.74, 6) is -0.285. The average Bonchev–Trinajstić information content (AvgIpc) is 2.79. The smallest absolute Gasteiger partial charge is 0.243 e. The second-order valence-electron chi connectivity index (χ2n) is 7.28. The van der Waals surface area contributed by atoms with Crippen molar-refractivity contribution in [2.45, 2.75) is 24.7 Å².